The molecule has 6 nitrogen and oxygen atoms in total. The summed E-state index contributed by atoms with van der Waals surface area (Å²) >= 11 is 1.40. The number of fused-ring (bicyclic) bond motifs is 1. The van der Waals surface area contributed by atoms with Crippen LogP contribution in [-0.4, -0.2) is 22.5 Å². The second-order valence-corrected chi connectivity index (χ2v) is 6.10. The lowest BCUT2D eigenvalue weighted by Gasteiger charge is -2.04. The first-order chi connectivity index (χ1) is 11.6. The zero-order valence-electron chi connectivity index (χ0n) is 13.3. The van der Waals surface area contributed by atoms with Crippen molar-refractivity contribution >= 4 is 32.7 Å². The maximum absolute atomic E-state index is 11.7. The minimum atomic E-state index is -0.273. The van der Waals surface area contributed by atoms with E-state index in [1.807, 2.05) is 38.1 Å². The number of anilines is 1. The van der Waals surface area contributed by atoms with Gasteiger partial charge >= 0.3 is 6.03 Å². The highest BCUT2D eigenvalue weighted by molar-refractivity contribution is 7.22. The van der Waals surface area contributed by atoms with Crippen LogP contribution in [0.1, 0.15) is 18.2 Å². The van der Waals surface area contributed by atoms with Gasteiger partial charge in [-0.1, -0.05) is 23.5 Å². The van der Waals surface area contributed by atoms with Crippen molar-refractivity contribution < 1.29 is 4.79 Å². The number of carbonyl (C=O) groups excluding carboxylic acids is 1. The van der Waals surface area contributed by atoms with Gasteiger partial charge < -0.3 is 5.32 Å². The van der Waals surface area contributed by atoms with E-state index in [4.69, 9.17) is 5.26 Å². The predicted octanol–water partition coefficient (Wildman–Crippen LogP) is 3.68. The number of thiazole rings is 1. The molecule has 7 heteroatoms. The molecule has 0 atom stereocenters. The number of carbonyl (C=O) groups is 1. The van der Waals surface area contributed by atoms with Gasteiger partial charge in [0.25, 0.3) is 0 Å². The lowest BCUT2D eigenvalue weighted by Crippen LogP contribution is -2.28. The first-order valence-electron chi connectivity index (χ1n) is 7.45. The van der Waals surface area contributed by atoms with E-state index in [0.29, 0.717) is 22.9 Å². The fourth-order valence-electron chi connectivity index (χ4n) is 2.34. The molecule has 0 fully saturated rings. The molecule has 0 aliphatic heterocycles. The van der Waals surface area contributed by atoms with Crippen molar-refractivity contribution in [3.8, 4) is 17.3 Å². The second-order valence-electron chi connectivity index (χ2n) is 5.10. The van der Waals surface area contributed by atoms with Crippen molar-refractivity contribution in [2.45, 2.75) is 13.8 Å². The minimum Gasteiger partial charge on any atom is -0.338 e. The van der Waals surface area contributed by atoms with Crippen LogP contribution in [0.15, 0.2) is 30.3 Å². The number of benzene rings is 1. The van der Waals surface area contributed by atoms with E-state index in [1.54, 1.807) is 6.07 Å². The summed E-state index contributed by atoms with van der Waals surface area (Å²) in [4.78, 5) is 20.6. The van der Waals surface area contributed by atoms with E-state index < -0.39 is 0 Å². The molecule has 0 saturated heterocycles. The number of pyridine rings is 1. The normalized spacial score (nSPS) is 10.4. The minimum absolute atomic E-state index is 0.273. The van der Waals surface area contributed by atoms with Gasteiger partial charge in [-0.15, -0.1) is 0 Å². The average Bonchev–Trinajstić information content (AvgIpc) is 2.97. The molecule has 24 heavy (non-hydrogen) atoms. The number of urea groups is 1. The number of nitrogens with one attached hydrogen (secondary N) is 2. The quantitative estimate of drug-likeness (QED) is 0.763. The van der Waals surface area contributed by atoms with E-state index >= 15 is 0 Å². The Balaban J connectivity index is 2.03. The Kier molecular flexibility index (Phi) is 4.40. The molecule has 0 bridgehead atoms. The molecule has 0 spiro atoms. The Morgan fingerprint density at radius 3 is 2.83 bits per heavy atom. The van der Waals surface area contributed by atoms with Gasteiger partial charge in [0, 0.05) is 12.1 Å². The summed E-state index contributed by atoms with van der Waals surface area (Å²) in [7, 11) is 0. The standard InChI is InChI=1S/C17H15N5OS/c1-3-19-16(23)22-17-21-14-6-4-5-12(15(14)24-17)13-8-7-11(9-18)10(2)20-13/h4-8H,3H2,1-2H3,(H2,19,21,22,23). The lowest BCUT2D eigenvalue weighted by atomic mass is 10.1. The first kappa shape index (κ1) is 15.9. The number of aryl methyl sites for hydroxylation is 1. The van der Waals surface area contributed by atoms with Crippen molar-refractivity contribution in [2.75, 3.05) is 11.9 Å². The van der Waals surface area contributed by atoms with Crippen LogP contribution >= 0.6 is 11.3 Å². The Morgan fingerprint density at radius 1 is 1.29 bits per heavy atom. The molecule has 0 aliphatic rings. The van der Waals surface area contributed by atoms with Crippen molar-refractivity contribution in [1.29, 1.82) is 5.26 Å². The lowest BCUT2D eigenvalue weighted by molar-refractivity contribution is 0.252. The molecule has 0 saturated carbocycles. The molecule has 2 heterocycles. The summed E-state index contributed by atoms with van der Waals surface area (Å²) in [5.74, 6) is 0. The van der Waals surface area contributed by atoms with Crippen LogP contribution in [-0.2, 0) is 0 Å². The largest absolute Gasteiger partial charge is 0.338 e. The van der Waals surface area contributed by atoms with E-state index in [1.165, 1.54) is 11.3 Å². The van der Waals surface area contributed by atoms with Gasteiger partial charge in [-0.25, -0.2) is 9.78 Å². The first-order valence-corrected chi connectivity index (χ1v) is 8.26. The smallest absolute Gasteiger partial charge is 0.321 e. The number of nitrogens with zero attached hydrogens (tertiary/aromatic N) is 3. The van der Waals surface area contributed by atoms with Crippen molar-refractivity contribution in [1.82, 2.24) is 15.3 Å². The highest BCUT2D eigenvalue weighted by Crippen LogP contribution is 2.34. The Morgan fingerprint density at radius 2 is 2.12 bits per heavy atom. The van der Waals surface area contributed by atoms with E-state index in [0.717, 1.165) is 21.5 Å². The number of hydrogen-bond donors (Lipinski definition) is 2. The van der Waals surface area contributed by atoms with Gasteiger partial charge in [0.2, 0.25) is 0 Å². The summed E-state index contributed by atoms with van der Waals surface area (Å²) in [6, 6.07) is 11.2. The fourth-order valence-corrected chi connectivity index (χ4v) is 3.32. The van der Waals surface area contributed by atoms with E-state index in [2.05, 4.69) is 26.7 Å². The average molecular weight is 337 g/mol. The summed E-state index contributed by atoms with van der Waals surface area (Å²) in [5.41, 5.74) is 3.77. The molecule has 2 N–H and O–H groups in total. The Hall–Kier alpha value is -2.98. The summed E-state index contributed by atoms with van der Waals surface area (Å²) in [5, 5.41) is 15.0. The van der Waals surface area contributed by atoms with E-state index in [-0.39, 0.29) is 6.03 Å². The molecular formula is C17H15N5OS. The number of rotatable bonds is 3. The molecule has 0 unspecified atom stereocenters. The molecule has 3 rings (SSSR count). The predicted molar refractivity (Wildman–Crippen MR) is 95.0 cm³/mol. The van der Waals surface area contributed by atoms with Crippen LogP contribution in [0.25, 0.3) is 21.5 Å². The van der Waals surface area contributed by atoms with Crippen molar-refractivity contribution in [3.05, 3.63) is 41.6 Å². The molecule has 1 aromatic carbocycles. The summed E-state index contributed by atoms with van der Waals surface area (Å²) < 4.78 is 0.945. The van der Waals surface area contributed by atoms with E-state index in [9.17, 15) is 4.79 Å². The van der Waals surface area contributed by atoms with Gasteiger partial charge in [-0.2, -0.15) is 5.26 Å². The number of aromatic nitrogens is 2. The van der Waals surface area contributed by atoms with Crippen LogP contribution in [0, 0.1) is 18.3 Å². The van der Waals surface area contributed by atoms with Gasteiger partial charge in [0.15, 0.2) is 5.13 Å². The third-order valence-corrected chi connectivity index (χ3v) is 4.47. The van der Waals surface area contributed by atoms with Gasteiger partial charge in [-0.05, 0) is 32.0 Å². The highest BCUT2D eigenvalue weighted by atomic mass is 32.1. The zero-order chi connectivity index (χ0) is 17.1. The van der Waals surface area contributed by atoms with Crippen LogP contribution in [0.2, 0.25) is 0 Å². The fraction of sp³-hybridized carbons (Fsp3) is 0.176. The molecular weight excluding hydrogens is 322 g/mol. The second kappa shape index (κ2) is 6.64. The summed E-state index contributed by atoms with van der Waals surface area (Å²) in [6.45, 7) is 4.22. The van der Waals surface area contributed by atoms with Gasteiger partial charge in [-0.3, -0.25) is 10.3 Å². The molecule has 2 amide bonds. The topological polar surface area (TPSA) is 90.7 Å². The molecule has 3 aromatic rings. The Bertz CT molecular complexity index is 957. The Labute approximate surface area is 143 Å². The zero-order valence-corrected chi connectivity index (χ0v) is 14.1. The third-order valence-electron chi connectivity index (χ3n) is 3.46. The van der Waals surface area contributed by atoms with Crippen molar-refractivity contribution in [3.63, 3.8) is 0 Å². The molecule has 2 aromatic heterocycles. The van der Waals surface area contributed by atoms with Crippen LogP contribution < -0.4 is 10.6 Å². The number of amides is 2. The van der Waals surface area contributed by atoms with Gasteiger partial charge in [0.05, 0.1) is 27.2 Å². The number of nitriles is 1. The monoisotopic (exact) mass is 337 g/mol. The van der Waals surface area contributed by atoms with Crippen LogP contribution in [0.4, 0.5) is 9.93 Å². The molecule has 0 aliphatic carbocycles. The van der Waals surface area contributed by atoms with Crippen LogP contribution in [0.5, 0.6) is 0 Å². The number of hydrogen-bond acceptors (Lipinski definition) is 5. The van der Waals surface area contributed by atoms with Gasteiger partial charge in [0.1, 0.15) is 6.07 Å². The maximum atomic E-state index is 11.7. The maximum Gasteiger partial charge on any atom is 0.321 e. The van der Waals surface area contributed by atoms with Crippen LogP contribution in [0.3, 0.4) is 0 Å². The van der Waals surface area contributed by atoms with Crippen molar-refractivity contribution in [2.24, 2.45) is 0 Å². The highest BCUT2D eigenvalue weighted by Gasteiger charge is 2.13. The molecule has 120 valence electrons. The third kappa shape index (κ3) is 3.05. The molecule has 0 radical (unpaired) electrons. The SMILES string of the molecule is CCNC(=O)Nc1nc2cccc(-c3ccc(C#N)c(C)n3)c2s1. The summed E-state index contributed by atoms with van der Waals surface area (Å²) in [6.07, 6.45) is 0.